The Balaban J connectivity index is 2.62. The Morgan fingerprint density at radius 3 is 2.40 bits per heavy atom. The van der Waals surface area contributed by atoms with Gasteiger partial charge >= 0.3 is 0 Å². The summed E-state index contributed by atoms with van der Waals surface area (Å²) < 4.78 is 5.52. The van der Waals surface area contributed by atoms with Crippen LogP contribution in [0.25, 0.3) is 10.8 Å². The molecule has 0 unspecified atom stereocenters. The number of rotatable bonds is 1. The molecule has 0 aromatic heterocycles. The number of hydrogen-bond donors (Lipinski definition) is 3. The molecule has 4 heteroatoms. The summed E-state index contributed by atoms with van der Waals surface area (Å²) in [4.78, 5) is 0. The Morgan fingerprint density at radius 2 is 1.80 bits per heavy atom. The Hall–Kier alpha value is -2.23. The molecule has 0 saturated heterocycles. The number of hydrogen-bond acceptors (Lipinski definition) is 4. The maximum atomic E-state index is 10.3. The van der Waals surface area contributed by atoms with Crippen molar-refractivity contribution in [1.29, 1.82) is 5.41 Å². The normalized spacial score (nSPS) is 13.3. The Labute approximate surface area is 117 Å². The molecule has 2 aromatic carbocycles. The Kier molecular flexibility index (Phi) is 2.48. The van der Waals surface area contributed by atoms with E-state index in [9.17, 15) is 10.2 Å². The molecular formula is C16H17NO3. The molecule has 104 valence electrons. The molecule has 0 spiro atoms. The standard InChI is InChI=1S/C16H17NO3/c1-6(2)10-9-5-7(3)8(4)15-11(9)12(16(17)20-15)14(19)13(10)18/h5-6,17-19H,1-4H3. The van der Waals surface area contributed by atoms with Crippen LogP contribution in [0.4, 0.5) is 0 Å². The number of aromatic hydroxyl groups is 2. The van der Waals surface area contributed by atoms with Crippen molar-refractivity contribution >= 4 is 16.7 Å². The zero-order valence-corrected chi connectivity index (χ0v) is 12.0. The minimum Gasteiger partial charge on any atom is -0.504 e. The first-order chi connectivity index (χ1) is 9.34. The average Bonchev–Trinajstić information content (AvgIpc) is 2.71. The second-order valence-corrected chi connectivity index (χ2v) is 5.64. The Bertz CT molecular complexity index is 776. The third-order valence-electron chi connectivity index (χ3n) is 4.05. The van der Waals surface area contributed by atoms with Gasteiger partial charge in [0.25, 0.3) is 0 Å². The summed E-state index contributed by atoms with van der Waals surface area (Å²) in [6.45, 7) is 7.84. The summed E-state index contributed by atoms with van der Waals surface area (Å²) >= 11 is 0. The second kappa shape index (κ2) is 3.88. The quantitative estimate of drug-likeness (QED) is 0.692. The summed E-state index contributed by atoms with van der Waals surface area (Å²) in [5.74, 6) is 0.166. The fourth-order valence-corrected chi connectivity index (χ4v) is 2.92. The molecule has 3 rings (SSSR count). The largest absolute Gasteiger partial charge is 0.504 e. The fraction of sp³-hybridized carbons (Fsp3) is 0.312. The van der Waals surface area contributed by atoms with Gasteiger partial charge in [-0.05, 0) is 36.3 Å². The van der Waals surface area contributed by atoms with E-state index in [2.05, 4.69) is 0 Å². The summed E-state index contributed by atoms with van der Waals surface area (Å²) in [5, 5.41) is 30.0. The minimum atomic E-state index is -0.256. The van der Waals surface area contributed by atoms with E-state index in [1.807, 2.05) is 33.8 Å². The predicted molar refractivity (Wildman–Crippen MR) is 78.3 cm³/mol. The molecule has 0 aliphatic carbocycles. The molecule has 20 heavy (non-hydrogen) atoms. The van der Waals surface area contributed by atoms with Gasteiger partial charge in [0.1, 0.15) is 5.75 Å². The van der Waals surface area contributed by atoms with E-state index in [0.717, 1.165) is 21.9 Å². The highest BCUT2D eigenvalue weighted by Crippen LogP contribution is 2.50. The van der Waals surface area contributed by atoms with Crippen molar-refractivity contribution in [1.82, 2.24) is 0 Å². The monoisotopic (exact) mass is 271 g/mol. The van der Waals surface area contributed by atoms with Crippen LogP contribution in [-0.2, 0) is 0 Å². The van der Waals surface area contributed by atoms with Gasteiger partial charge in [-0.3, -0.25) is 5.41 Å². The maximum absolute atomic E-state index is 10.3. The third kappa shape index (κ3) is 1.39. The lowest BCUT2D eigenvalue weighted by Crippen LogP contribution is -2.02. The molecule has 0 amide bonds. The first kappa shape index (κ1) is 12.8. The number of nitrogens with one attached hydrogen (secondary N) is 1. The first-order valence-corrected chi connectivity index (χ1v) is 6.63. The lowest BCUT2D eigenvalue weighted by atomic mass is 9.89. The molecule has 1 aliphatic heterocycles. The zero-order valence-electron chi connectivity index (χ0n) is 12.0. The predicted octanol–water partition coefficient (Wildman–Crippen LogP) is 3.71. The third-order valence-corrected chi connectivity index (χ3v) is 4.05. The van der Waals surface area contributed by atoms with Gasteiger partial charge in [0.05, 0.1) is 5.56 Å². The van der Waals surface area contributed by atoms with E-state index in [-0.39, 0.29) is 23.3 Å². The van der Waals surface area contributed by atoms with E-state index in [1.54, 1.807) is 0 Å². The minimum absolute atomic E-state index is 0.0553. The number of benzene rings is 2. The van der Waals surface area contributed by atoms with Crippen LogP contribution in [0, 0.1) is 19.3 Å². The van der Waals surface area contributed by atoms with Crippen molar-refractivity contribution in [2.24, 2.45) is 0 Å². The van der Waals surface area contributed by atoms with Crippen LogP contribution < -0.4 is 4.74 Å². The van der Waals surface area contributed by atoms with E-state index in [1.165, 1.54) is 0 Å². The lowest BCUT2D eigenvalue weighted by molar-refractivity contribution is 0.398. The number of phenolic OH excluding ortho intramolecular Hbond substituents is 2. The highest BCUT2D eigenvalue weighted by atomic mass is 16.5. The molecule has 0 radical (unpaired) electrons. The topological polar surface area (TPSA) is 73.5 Å². The number of phenols is 2. The van der Waals surface area contributed by atoms with Crippen molar-refractivity contribution in [3.63, 3.8) is 0 Å². The van der Waals surface area contributed by atoms with Crippen LogP contribution in [-0.4, -0.2) is 16.1 Å². The van der Waals surface area contributed by atoms with Crippen LogP contribution in [0.5, 0.6) is 17.2 Å². The molecule has 1 aliphatic rings. The molecule has 0 fully saturated rings. The first-order valence-electron chi connectivity index (χ1n) is 6.63. The molecule has 2 aromatic rings. The van der Waals surface area contributed by atoms with Crippen LogP contribution in [0.1, 0.15) is 42.0 Å². The number of ether oxygens (including phenoxy) is 1. The van der Waals surface area contributed by atoms with E-state index < -0.39 is 0 Å². The maximum Gasteiger partial charge on any atom is 0.223 e. The summed E-state index contributed by atoms with van der Waals surface area (Å²) in [6.07, 6.45) is 0. The molecule has 0 atom stereocenters. The van der Waals surface area contributed by atoms with Gasteiger partial charge in [0.2, 0.25) is 5.90 Å². The summed E-state index contributed by atoms with van der Waals surface area (Å²) in [5.41, 5.74) is 2.99. The van der Waals surface area contributed by atoms with Crippen molar-refractivity contribution in [3.8, 4) is 17.2 Å². The van der Waals surface area contributed by atoms with E-state index in [0.29, 0.717) is 16.9 Å². The van der Waals surface area contributed by atoms with E-state index >= 15 is 0 Å². The van der Waals surface area contributed by atoms with Gasteiger partial charge < -0.3 is 14.9 Å². The van der Waals surface area contributed by atoms with Gasteiger partial charge in [0, 0.05) is 10.9 Å². The highest BCUT2D eigenvalue weighted by molar-refractivity contribution is 6.18. The molecule has 0 saturated carbocycles. The summed E-state index contributed by atoms with van der Waals surface area (Å²) in [7, 11) is 0. The van der Waals surface area contributed by atoms with Crippen LogP contribution in [0.3, 0.4) is 0 Å². The second-order valence-electron chi connectivity index (χ2n) is 5.64. The average molecular weight is 271 g/mol. The molecule has 3 N–H and O–H groups in total. The number of aryl methyl sites for hydroxylation is 1. The zero-order chi connectivity index (χ0) is 14.8. The molecule has 1 heterocycles. The van der Waals surface area contributed by atoms with Crippen molar-refractivity contribution in [2.75, 3.05) is 0 Å². The molecule has 0 bridgehead atoms. The van der Waals surface area contributed by atoms with Gasteiger partial charge in [-0.25, -0.2) is 0 Å². The fourth-order valence-electron chi connectivity index (χ4n) is 2.92. The van der Waals surface area contributed by atoms with Gasteiger partial charge in [-0.15, -0.1) is 0 Å². The van der Waals surface area contributed by atoms with Crippen molar-refractivity contribution in [2.45, 2.75) is 33.6 Å². The summed E-state index contributed by atoms with van der Waals surface area (Å²) in [6, 6.07) is 1.99. The van der Waals surface area contributed by atoms with E-state index in [4.69, 9.17) is 10.1 Å². The van der Waals surface area contributed by atoms with Crippen LogP contribution >= 0.6 is 0 Å². The van der Waals surface area contributed by atoms with Gasteiger partial charge in [-0.1, -0.05) is 19.9 Å². The lowest BCUT2D eigenvalue weighted by Gasteiger charge is -2.16. The molecule has 4 nitrogen and oxygen atoms in total. The van der Waals surface area contributed by atoms with Gasteiger partial charge in [-0.2, -0.15) is 0 Å². The van der Waals surface area contributed by atoms with Crippen molar-refractivity contribution < 1.29 is 14.9 Å². The SMILES string of the molecule is Cc1cc2c(C(C)C)c(O)c(O)c3c2c(c1C)OC3=N. The van der Waals surface area contributed by atoms with Crippen LogP contribution in [0.2, 0.25) is 0 Å². The van der Waals surface area contributed by atoms with Crippen molar-refractivity contribution in [3.05, 3.63) is 28.3 Å². The smallest absolute Gasteiger partial charge is 0.223 e. The Morgan fingerprint density at radius 1 is 1.15 bits per heavy atom. The molecular weight excluding hydrogens is 254 g/mol. The van der Waals surface area contributed by atoms with Gasteiger partial charge in [0.15, 0.2) is 11.5 Å². The highest BCUT2D eigenvalue weighted by Gasteiger charge is 2.32. The van der Waals surface area contributed by atoms with Crippen LogP contribution in [0.15, 0.2) is 6.07 Å².